The summed E-state index contributed by atoms with van der Waals surface area (Å²) in [6.45, 7) is 3.22. The van der Waals surface area contributed by atoms with E-state index in [0.29, 0.717) is 30.4 Å². The van der Waals surface area contributed by atoms with Crippen molar-refractivity contribution in [2.75, 3.05) is 11.9 Å². The van der Waals surface area contributed by atoms with Crippen LogP contribution in [0.3, 0.4) is 0 Å². The molecule has 0 spiro atoms. The molecule has 1 atom stereocenters. The van der Waals surface area contributed by atoms with Crippen LogP contribution in [0.1, 0.15) is 37.0 Å². The fraction of sp³-hybridized carbons (Fsp3) is 0.308. The number of pyridine rings is 1. The molecule has 1 aromatic heterocycles. The van der Waals surface area contributed by atoms with Crippen molar-refractivity contribution in [3.05, 3.63) is 71.2 Å². The fourth-order valence-electron chi connectivity index (χ4n) is 3.54. The minimum absolute atomic E-state index is 0.229. The Balaban J connectivity index is 1.66. The van der Waals surface area contributed by atoms with E-state index in [9.17, 15) is 14.7 Å². The van der Waals surface area contributed by atoms with Crippen LogP contribution in [-0.4, -0.2) is 46.9 Å². The van der Waals surface area contributed by atoms with Crippen molar-refractivity contribution in [2.45, 2.75) is 44.8 Å². The molecule has 4 N–H and O–H groups in total. The Hall–Kier alpha value is -3.96. The Kier molecular flexibility index (Phi) is 7.82. The quantitative estimate of drug-likeness (QED) is 0.406. The van der Waals surface area contributed by atoms with Gasteiger partial charge in [-0.1, -0.05) is 24.0 Å². The molecule has 0 aliphatic carbocycles. The number of anilines is 1. The van der Waals surface area contributed by atoms with Gasteiger partial charge in [-0.2, -0.15) is 0 Å². The second kappa shape index (κ2) is 10.8. The first kappa shape index (κ1) is 24.7. The Bertz CT molecular complexity index is 1160. The molecule has 1 aliphatic heterocycles. The lowest BCUT2D eigenvalue weighted by Gasteiger charge is -2.22. The number of carbonyl (C=O) groups excluding carboxylic acids is 2. The molecule has 34 heavy (non-hydrogen) atoms. The first-order chi connectivity index (χ1) is 16.2. The highest BCUT2D eigenvalue weighted by atomic mass is 16.3. The highest BCUT2D eigenvalue weighted by Gasteiger charge is 2.29. The van der Waals surface area contributed by atoms with Gasteiger partial charge in [0.1, 0.15) is 11.6 Å². The molecule has 0 fully saturated rings. The van der Waals surface area contributed by atoms with Gasteiger partial charge in [0.25, 0.3) is 0 Å². The molecule has 0 saturated heterocycles. The van der Waals surface area contributed by atoms with E-state index in [-0.39, 0.29) is 5.91 Å². The zero-order valence-corrected chi connectivity index (χ0v) is 19.6. The van der Waals surface area contributed by atoms with Crippen LogP contribution in [0, 0.1) is 17.3 Å². The Labute approximate surface area is 199 Å². The maximum absolute atomic E-state index is 13.1. The number of hydrogen-bond donors (Lipinski definition) is 4. The van der Waals surface area contributed by atoms with E-state index in [1.54, 1.807) is 33.3 Å². The molecule has 0 bridgehead atoms. The normalized spacial score (nSPS) is 16.0. The number of aromatic nitrogens is 1. The van der Waals surface area contributed by atoms with Crippen molar-refractivity contribution in [1.82, 2.24) is 15.6 Å². The number of hydrogen-bond acceptors (Lipinski definition) is 5. The van der Waals surface area contributed by atoms with Crippen molar-refractivity contribution in [3.63, 3.8) is 0 Å². The summed E-state index contributed by atoms with van der Waals surface area (Å²) in [7, 11) is 1.67. The van der Waals surface area contributed by atoms with Gasteiger partial charge in [-0.25, -0.2) is 4.79 Å². The Morgan fingerprint density at radius 1 is 1.38 bits per heavy atom. The number of aryl methyl sites for hydroxylation is 1. The van der Waals surface area contributed by atoms with Gasteiger partial charge in [0.15, 0.2) is 0 Å². The van der Waals surface area contributed by atoms with E-state index in [0.717, 1.165) is 16.8 Å². The van der Waals surface area contributed by atoms with Crippen LogP contribution in [0.15, 0.2) is 54.5 Å². The van der Waals surface area contributed by atoms with Gasteiger partial charge >= 0.3 is 6.03 Å². The summed E-state index contributed by atoms with van der Waals surface area (Å²) in [4.78, 5) is 31.1. The lowest BCUT2D eigenvalue weighted by atomic mass is 10.0. The Morgan fingerprint density at radius 2 is 2.18 bits per heavy atom. The average Bonchev–Trinajstić information content (AvgIpc) is 2.92. The number of allylic oxidation sites excluding steroid dienone is 1. The smallest absolute Gasteiger partial charge is 0.319 e. The van der Waals surface area contributed by atoms with Crippen molar-refractivity contribution in [1.29, 1.82) is 5.41 Å². The number of benzene rings is 1. The summed E-state index contributed by atoms with van der Waals surface area (Å²) in [6, 6.07) is 8.11. The SMILES string of the molecule is CN1C(=O)[C@H](NC(=O)N/C=C(\C=N)Cc2cccnc2)CCc2ccc(C#CC(C)(C)O)cc21. The third kappa shape index (κ3) is 6.77. The van der Waals surface area contributed by atoms with Crippen LogP contribution in [0.25, 0.3) is 0 Å². The monoisotopic (exact) mass is 459 g/mol. The van der Waals surface area contributed by atoms with Gasteiger partial charge in [-0.3, -0.25) is 9.78 Å². The topological polar surface area (TPSA) is 118 Å². The van der Waals surface area contributed by atoms with Crippen LogP contribution in [0.5, 0.6) is 0 Å². The molecule has 2 aromatic rings. The van der Waals surface area contributed by atoms with E-state index >= 15 is 0 Å². The number of rotatable bonds is 5. The highest BCUT2D eigenvalue weighted by Crippen LogP contribution is 2.27. The first-order valence-corrected chi connectivity index (χ1v) is 11.0. The van der Waals surface area contributed by atoms with E-state index < -0.39 is 17.7 Å². The van der Waals surface area contributed by atoms with Crippen molar-refractivity contribution in [3.8, 4) is 11.8 Å². The van der Waals surface area contributed by atoms with E-state index in [2.05, 4.69) is 27.5 Å². The number of carbonyl (C=O) groups is 2. The summed E-state index contributed by atoms with van der Waals surface area (Å²) in [6.07, 6.45) is 7.53. The van der Waals surface area contributed by atoms with Crippen LogP contribution in [0.2, 0.25) is 0 Å². The second-order valence-corrected chi connectivity index (χ2v) is 8.66. The number of aliphatic hydroxyl groups is 1. The predicted molar refractivity (Wildman–Crippen MR) is 132 cm³/mol. The van der Waals surface area contributed by atoms with Gasteiger partial charge < -0.3 is 26.0 Å². The molecule has 0 unspecified atom stereocenters. The summed E-state index contributed by atoms with van der Waals surface area (Å²) in [5.74, 6) is 5.49. The van der Waals surface area contributed by atoms with Crippen molar-refractivity contribution < 1.29 is 14.7 Å². The standard InChI is InChI=1S/C26H29N5O3/c1-26(2,34)11-10-18-6-7-21-8-9-22(24(32)31(3)23(21)14-18)30-25(33)29-17-20(15-27)13-19-5-4-12-28-16-19/h4-7,12,14-17,22,27,34H,8-9,13H2,1-3H3,(H2,29,30,33)/b20-17-,27-15?/t22-/m1/s1. The molecule has 2 heterocycles. The number of nitrogens with zero attached hydrogens (tertiary/aromatic N) is 2. The average molecular weight is 460 g/mol. The van der Waals surface area contributed by atoms with Crippen LogP contribution >= 0.6 is 0 Å². The van der Waals surface area contributed by atoms with E-state index in [1.807, 2.05) is 30.3 Å². The van der Waals surface area contributed by atoms with Crippen LogP contribution in [0.4, 0.5) is 10.5 Å². The predicted octanol–water partition coefficient (Wildman–Crippen LogP) is 2.56. The van der Waals surface area contributed by atoms with Gasteiger partial charge in [-0.05, 0) is 61.6 Å². The van der Waals surface area contributed by atoms with Gasteiger partial charge in [0.2, 0.25) is 5.91 Å². The number of amides is 3. The molecule has 0 saturated carbocycles. The van der Waals surface area contributed by atoms with Gasteiger partial charge in [0.05, 0.1) is 0 Å². The van der Waals surface area contributed by atoms with Crippen molar-refractivity contribution in [2.24, 2.45) is 0 Å². The summed E-state index contributed by atoms with van der Waals surface area (Å²) >= 11 is 0. The molecule has 3 amide bonds. The number of fused-ring (bicyclic) bond motifs is 1. The molecule has 8 nitrogen and oxygen atoms in total. The molecule has 176 valence electrons. The number of urea groups is 1. The number of likely N-dealkylation sites (N-methyl/N-ethyl adjacent to an activating group) is 1. The third-order valence-electron chi connectivity index (χ3n) is 5.30. The summed E-state index contributed by atoms with van der Waals surface area (Å²) in [5.41, 5.74) is 2.82. The van der Waals surface area contributed by atoms with Crippen LogP contribution < -0.4 is 15.5 Å². The maximum Gasteiger partial charge on any atom is 0.319 e. The molecule has 0 radical (unpaired) electrons. The molecule has 3 rings (SSSR count). The lowest BCUT2D eigenvalue weighted by Crippen LogP contribution is -2.49. The van der Waals surface area contributed by atoms with E-state index in [4.69, 9.17) is 5.41 Å². The zero-order chi connectivity index (χ0) is 24.7. The minimum atomic E-state index is -1.11. The molecule has 8 heteroatoms. The van der Waals surface area contributed by atoms with E-state index in [1.165, 1.54) is 17.3 Å². The number of nitrogens with one attached hydrogen (secondary N) is 3. The lowest BCUT2D eigenvalue weighted by molar-refractivity contribution is -0.120. The first-order valence-electron chi connectivity index (χ1n) is 11.0. The second-order valence-electron chi connectivity index (χ2n) is 8.66. The summed E-state index contributed by atoms with van der Waals surface area (Å²) in [5, 5.41) is 22.8. The van der Waals surface area contributed by atoms with Gasteiger partial charge in [0, 0.05) is 49.5 Å². The van der Waals surface area contributed by atoms with Crippen LogP contribution in [-0.2, 0) is 17.6 Å². The molecule has 1 aromatic carbocycles. The molecular formula is C26H29N5O3. The zero-order valence-electron chi connectivity index (χ0n) is 19.6. The molecular weight excluding hydrogens is 430 g/mol. The van der Waals surface area contributed by atoms with Gasteiger partial charge in [-0.15, -0.1) is 0 Å². The fourth-order valence-corrected chi connectivity index (χ4v) is 3.54. The highest BCUT2D eigenvalue weighted by molar-refractivity contribution is 6.00. The third-order valence-corrected chi connectivity index (χ3v) is 5.30. The molecule has 1 aliphatic rings. The summed E-state index contributed by atoms with van der Waals surface area (Å²) < 4.78 is 0. The van der Waals surface area contributed by atoms with Crippen molar-refractivity contribution >= 4 is 23.8 Å². The minimum Gasteiger partial charge on any atom is -0.378 e. The largest absolute Gasteiger partial charge is 0.378 e. The Morgan fingerprint density at radius 3 is 2.85 bits per heavy atom. The maximum atomic E-state index is 13.1.